The Labute approximate surface area is 144 Å². The van der Waals surface area contributed by atoms with Gasteiger partial charge in [0, 0.05) is 12.6 Å². The standard InChI is InChI=1S/C13H23N3O4S2.ClH/c1-5-15-11(3)9-16-21(17,18)12-6-7-13(10(2)8-12)22(19,20)14-4;/h6-8,11,14-16H,5,9H2,1-4H3;1H/t11-;/m1./s1. The van der Waals surface area contributed by atoms with E-state index in [9.17, 15) is 16.8 Å². The van der Waals surface area contributed by atoms with Crippen LogP contribution >= 0.6 is 12.4 Å². The Kier molecular flexibility index (Phi) is 8.68. The van der Waals surface area contributed by atoms with E-state index in [-0.39, 0.29) is 34.8 Å². The highest BCUT2D eigenvalue weighted by Gasteiger charge is 2.19. The van der Waals surface area contributed by atoms with Gasteiger partial charge in [-0.15, -0.1) is 12.4 Å². The molecule has 10 heteroatoms. The molecule has 0 aliphatic carbocycles. The van der Waals surface area contributed by atoms with Crippen molar-refractivity contribution in [2.75, 3.05) is 20.1 Å². The van der Waals surface area contributed by atoms with E-state index in [0.717, 1.165) is 6.54 Å². The first-order chi connectivity index (χ1) is 10.1. The fourth-order valence-electron chi connectivity index (χ4n) is 1.94. The fourth-order valence-corrected chi connectivity index (χ4v) is 4.10. The molecule has 1 aromatic rings. The molecule has 134 valence electrons. The van der Waals surface area contributed by atoms with Crippen molar-refractivity contribution < 1.29 is 16.8 Å². The van der Waals surface area contributed by atoms with Gasteiger partial charge in [0.15, 0.2) is 0 Å². The van der Waals surface area contributed by atoms with Crippen LogP contribution in [0, 0.1) is 6.92 Å². The maximum atomic E-state index is 12.2. The summed E-state index contributed by atoms with van der Waals surface area (Å²) in [5.74, 6) is 0. The second-order valence-electron chi connectivity index (χ2n) is 4.95. The second-order valence-corrected chi connectivity index (χ2v) is 8.57. The van der Waals surface area contributed by atoms with Crippen LogP contribution in [0.3, 0.4) is 0 Å². The first kappa shape index (κ1) is 22.3. The van der Waals surface area contributed by atoms with Crippen LogP contribution in [0.5, 0.6) is 0 Å². The van der Waals surface area contributed by atoms with Crippen LogP contribution in [0.25, 0.3) is 0 Å². The van der Waals surface area contributed by atoms with E-state index in [0.29, 0.717) is 5.56 Å². The number of rotatable bonds is 8. The van der Waals surface area contributed by atoms with Crippen molar-refractivity contribution in [3.05, 3.63) is 23.8 Å². The van der Waals surface area contributed by atoms with Gasteiger partial charge in [0.2, 0.25) is 20.0 Å². The van der Waals surface area contributed by atoms with Gasteiger partial charge < -0.3 is 5.32 Å². The van der Waals surface area contributed by atoms with Crippen LogP contribution in [0.1, 0.15) is 19.4 Å². The summed E-state index contributed by atoms with van der Waals surface area (Å²) in [6.45, 7) is 6.38. The molecular weight excluding hydrogens is 362 g/mol. The third-order valence-corrected chi connectivity index (χ3v) is 6.14. The summed E-state index contributed by atoms with van der Waals surface area (Å²) in [5.41, 5.74) is 0.372. The predicted octanol–water partition coefficient (Wildman–Crippen LogP) is 0.601. The Morgan fingerprint density at radius 1 is 1.13 bits per heavy atom. The van der Waals surface area contributed by atoms with Gasteiger partial charge in [0.1, 0.15) is 0 Å². The third kappa shape index (κ3) is 6.02. The minimum atomic E-state index is -3.67. The first-order valence-electron chi connectivity index (χ1n) is 6.91. The molecule has 0 amide bonds. The smallest absolute Gasteiger partial charge is 0.240 e. The molecule has 1 atom stereocenters. The summed E-state index contributed by atoms with van der Waals surface area (Å²) in [5, 5.41) is 3.10. The molecule has 0 aromatic heterocycles. The summed E-state index contributed by atoms with van der Waals surface area (Å²) in [6, 6.07) is 3.94. The lowest BCUT2D eigenvalue weighted by Gasteiger charge is -2.14. The maximum Gasteiger partial charge on any atom is 0.240 e. The number of hydrogen-bond donors (Lipinski definition) is 3. The molecule has 0 radical (unpaired) electrons. The molecule has 0 aliphatic heterocycles. The van der Waals surface area contributed by atoms with Gasteiger partial charge in [-0.3, -0.25) is 0 Å². The van der Waals surface area contributed by atoms with Crippen LogP contribution in [0.15, 0.2) is 28.0 Å². The Balaban J connectivity index is 0.00000484. The van der Waals surface area contributed by atoms with Gasteiger partial charge in [0.05, 0.1) is 9.79 Å². The van der Waals surface area contributed by atoms with E-state index in [2.05, 4.69) is 14.8 Å². The quantitative estimate of drug-likeness (QED) is 0.608. The zero-order valence-corrected chi connectivity index (χ0v) is 16.0. The van der Waals surface area contributed by atoms with E-state index in [1.807, 2.05) is 13.8 Å². The van der Waals surface area contributed by atoms with Crippen molar-refractivity contribution in [1.29, 1.82) is 0 Å². The molecule has 0 saturated heterocycles. The highest BCUT2D eigenvalue weighted by atomic mass is 35.5. The summed E-state index contributed by atoms with van der Waals surface area (Å²) in [6.07, 6.45) is 0. The zero-order valence-electron chi connectivity index (χ0n) is 13.6. The normalized spacial score (nSPS) is 13.4. The highest BCUT2D eigenvalue weighted by molar-refractivity contribution is 7.90. The molecule has 7 nitrogen and oxygen atoms in total. The predicted molar refractivity (Wildman–Crippen MR) is 93.0 cm³/mol. The van der Waals surface area contributed by atoms with E-state index in [1.54, 1.807) is 6.92 Å². The van der Waals surface area contributed by atoms with E-state index in [1.165, 1.54) is 25.2 Å². The van der Waals surface area contributed by atoms with Crippen LogP contribution in [0.2, 0.25) is 0 Å². The molecule has 0 spiro atoms. The summed E-state index contributed by atoms with van der Waals surface area (Å²) in [4.78, 5) is 0.110. The first-order valence-corrected chi connectivity index (χ1v) is 9.88. The van der Waals surface area contributed by atoms with Gasteiger partial charge >= 0.3 is 0 Å². The summed E-state index contributed by atoms with van der Waals surface area (Å²) < 4.78 is 52.7. The van der Waals surface area contributed by atoms with Crippen LogP contribution < -0.4 is 14.8 Å². The van der Waals surface area contributed by atoms with Crippen molar-refractivity contribution in [2.45, 2.75) is 36.6 Å². The minimum Gasteiger partial charge on any atom is -0.313 e. The van der Waals surface area contributed by atoms with Crippen LogP contribution in [0.4, 0.5) is 0 Å². The van der Waals surface area contributed by atoms with E-state index < -0.39 is 20.0 Å². The maximum absolute atomic E-state index is 12.2. The summed E-state index contributed by atoms with van der Waals surface area (Å²) in [7, 11) is -5.96. The van der Waals surface area contributed by atoms with Gasteiger partial charge in [-0.25, -0.2) is 26.3 Å². The number of sulfonamides is 2. The van der Waals surface area contributed by atoms with E-state index >= 15 is 0 Å². The Bertz CT molecular complexity index is 721. The van der Waals surface area contributed by atoms with Crippen molar-refractivity contribution in [3.63, 3.8) is 0 Å². The molecule has 0 fully saturated rings. The number of hydrogen-bond acceptors (Lipinski definition) is 5. The van der Waals surface area contributed by atoms with Gasteiger partial charge in [-0.1, -0.05) is 6.92 Å². The zero-order chi connectivity index (χ0) is 17.0. The van der Waals surface area contributed by atoms with Crippen LogP contribution in [-0.2, 0) is 20.0 Å². The van der Waals surface area contributed by atoms with Crippen molar-refractivity contribution in [3.8, 4) is 0 Å². The molecule has 23 heavy (non-hydrogen) atoms. The summed E-state index contributed by atoms with van der Waals surface area (Å²) >= 11 is 0. The number of nitrogens with one attached hydrogen (secondary N) is 3. The molecule has 0 bridgehead atoms. The molecule has 0 saturated carbocycles. The van der Waals surface area contributed by atoms with Crippen molar-refractivity contribution >= 4 is 32.5 Å². The highest BCUT2D eigenvalue weighted by Crippen LogP contribution is 2.19. The average molecular weight is 386 g/mol. The van der Waals surface area contributed by atoms with E-state index in [4.69, 9.17) is 0 Å². The number of likely N-dealkylation sites (N-methyl/N-ethyl adjacent to an activating group) is 1. The second kappa shape index (κ2) is 8.95. The SMILES string of the molecule is CCN[C@H](C)CNS(=O)(=O)c1ccc(S(=O)(=O)NC)c(C)c1.Cl. The van der Waals surface area contributed by atoms with Crippen LogP contribution in [-0.4, -0.2) is 43.0 Å². The lowest BCUT2D eigenvalue weighted by atomic mass is 10.2. The Morgan fingerprint density at radius 3 is 2.22 bits per heavy atom. The number of halogens is 1. The van der Waals surface area contributed by atoms with Gasteiger partial charge in [0.25, 0.3) is 0 Å². The topological polar surface area (TPSA) is 104 Å². The largest absolute Gasteiger partial charge is 0.313 e. The molecular formula is C13H24ClN3O4S2. The Hall–Kier alpha value is -0.710. The molecule has 0 unspecified atom stereocenters. The third-order valence-electron chi connectivity index (χ3n) is 3.15. The van der Waals surface area contributed by atoms with Gasteiger partial charge in [-0.05, 0) is 51.2 Å². The number of aryl methyl sites for hydroxylation is 1. The molecule has 1 aromatic carbocycles. The minimum absolute atomic E-state index is 0. The number of benzene rings is 1. The average Bonchev–Trinajstić information content (AvgIpc) is 2.45. The fraction of sp³-hybridized carbons (Fsp3) is 0.538. The Morgan fingerprint density at radius 2 is 1.74 bits per heavy atom. The van der Waals surface area contributed by atoms with Gasteiger partial charge in [-0.2, -0.15) is 0 Å². The molecule has 0 heterocycles. The molecule has 0 aliphatic rings. The van der Waals surface area contributed by atoms with Crippen molar-refractivity contribution in [1.82, 2.24) is 14.8 Å². The monoisotopic (exact) mass is 385 g/mol. The molecule has 1 rings (SSSR count). The van der Waals surface area contributed by atoms with Crippen molar-refractivity contribution in [2.24, 2.45) is 0 Å². The molecule has 3 N–H and O–H groups in total. The lowest BCUT2D eigenvalue weighted by Crippen LogP contribution is -2.38. The lowest BCUT2D eigenvalue weighted by molar-refractivity contribution is 0.536.